The van der Waals surface area contributed by atoms with E-state index in [0.29, 0.717) is 19.3 Å². The molecule has 0 aliphatic carbocycles. The van der Waals surface area contributed by atoms with Gasteiger partial charge in [0.15, 0.2) is 24.6 Å². The van der Waals surface area contributed by atoms with Crippen molar-refractivity contribution >= 4 is 23.9 Å². The lowest BCUT2D eigenvalue weighted by Gasteiger charge is -2.40. The summed E-state index contributed by atoms with van der Waals surface area (Å²) in [5.74, 6) is -3.14. The lowest BCUT2D eigenvalue weighted by atomic mass is 9.98. The van der Waals surface area contributed by atoms with Crippen molar-refractivity contribution in [2.45, 2.75) is 314 Å². The number of allylic oxidation sites excluding steroid dienone is 8. The largest absolute Gasteiger partial charge is 0.479 e. The Kier molecular flexibility index (Phi) is 47.8. The quantitative estimate of drug-likeness (QED) is 0.0228. The Hall–Kier alpha value is -3.32. The van der Waals surface area contributed by atoms with Crippen LogP contribution in [0.15, 0.2) is 48.6 Å². The third-order valence-corrected chi connectivity index (χ3v) is 13.9. The van der Waals surface area contributed by atoms with Crippen LogP contribution in [0.3, 0.4) is 0 Å². The second-order valence-electron chi connectivity index (χ2n) is 21.0. The smallest absolute Gasteiger partial charge is 0.335 e. The standard InChI is InChI=1S/C63H110O12/c1-4-7-10-13-16-19-22-25-26-27-28-29-30-33-34-37-40-43-46-49-55(64)71-52-54(73-56(65)50-47-44-41-38-35-31-23-20-17-14-11-8-5-2)53-72-63-61(59(68)58(67)60(75-63)62(69)70)74-57(66)51-48-45-42-39-36-32-24-21-18-15-12-9-6-3/h9,12,18,21,25-26,32,36,54,58-61,63,67-68H,4-8,10-11,13-17,19-20,22-24,27-31,33-35,37-53H2,1-3H3,(H,69,70)/b12-9-,21-18-,26-25-,36-32-. The van der Waals surface area contributed by atoms with Gasteiger partial charge in [0, 0.05) is 19.3 Å². The molecule has 0 bridgehead atoms. The molecular weight excluding hydrogens is 949 g/mol. The fourth-order valence-electron chi connectivity index (χ4n) is 9.20. The van der Waals surface area contributed by atoms with Crippen LogP contribution in [0.5, 0.6) is 0 Å². The summed E-state index contributed by atoms with van der Waals surface area (Å²) in [7, 11) is 0. The van der Waals surface area contributed by atoms with Crippen LogP contribution < -0.4 is 0 Å². The van der Waals surface area contributed by atoms with Gasteiger partial charge in [-0.15, -0.1) is 0 Å². The molecule has 1 aliphatic heterocycles. The van der Waals surface area contributed by atoms with Gasteiger partial charge in [-0.2, -0.15) is 0 Å². The second-order valence-corrected chi connectivity index (χ2v) is 21.0. The van der Waals surface area contributed by atoms with Crippen molar-refractivity contribution in [1.82, 2.24) is 0 Å². The first-order valence-electron chi connectivity index (χ1n) is 30.6. The Labute approximate surface area is 456 Å². The summed E-state index contributed by atoms with van der Waals surface area (Å²) in [6.07, 6.45) is 49.4. The Balaban J connectivity index is 2.66. The molecule has 0 radical (unpaired) electrons. The molecule has 1 heterocycles. The van der Waals surface area contributed by atoms with Gasteiger partial charge in [-0.3, -0.25) is 14.4 Å². The van der Waals surface area contributed by atoms with Crippen LogP contribution in [0.4, 0.5) is 0 Å². The molecule has 0 aromatic heterocycles. The minimum atomic E-state index is -1.91. The highest BCUT2D eigenvalue weighted by molar-refractivity contribution is 5.74. The Bertz CT molecular complexity index is 1490. The van der Waals surface area contributed by atoms with E-state index < -0.39 is 67.3 Å². The minimum Gasteiger partial charge on any atom is -0.479 e. The van der Waals surface area contributed by atoms with Gasteiger partial charge in [0.1, 0.15) is 18.8 Å². The second kappa shape index (κ2) is 51.4. The van der Waals surface area contributed by atoms with Crippen molar-refractivity contribution < 1.29 is 58.2 Å². The highest BCUT2D eigenvalue weighted by Crippen LogP contribution is 2.26. The van der Waals surface area contributed by atoms with E-state index in [-0.39, 0.29) is 25.9 Å². The molecule has 0 saturated carbocycles. The number of carbonyl (C=O) groups excluding carboxylic acids is 3. The number of rotatable bonds is 52. The van der Waals surface area contributed by atoms with Gasteiger partial charge in [-0.1, -0.05) is 230 Å². The van der Waals surface area contributed by atoms with Crippen molar-refractivity contribution in [3.05, 3.63) is 48.6 Å². The normalized spacial score (nSPS) is 18.4. The Morgan fingerprint density at radius 1 is 0.453 bits per heavy atom. The van der Waals surface area contributed by atoms with E-state index in [2.05, 4.69) is 69.4 Å². The maximum absolute atomic E-state index is 13.1. The van der Waals surface area contributed by atoms with Gasteiger partial charge in [0.05, 0.1) is 6.61 Å². The maximum atomic E-state index is 13.1. The van der Waals surface area contributed by atoms with E-state index in [1.54, 1.807) is 0 Å². The number of esters is 3. The van der Waals surface area contributed by atoms with Crippen molar-refractivity contribution in [3.63, 3.8) is 0 Å². The van der Waals surface area contributed by atoms with Gasteiger partial charge >= 0.3 is 23.9 Å². The van der Waals surface area contributed by atoms with Gasteiger partial charge in [-0.25, -0.2) is 4.79 Å². The van der Waals surface area contributed by atoms with Crippen LogP contribution in [-0.4, -0.2) is 89.2 Å². The van der Waals surface area contributed by atoms with Gasteiger partial charge < -0.3 is 39.0 Å². The van der Waals surface area contributed by atoms with Gasteiger partial charge in [0.2, 0.25) is 0 Å². The average molecular weight is 1060 g/mol. The van der Waals surface area contributed by atoms with Crippen molar-refractivity contribution in [3.8, 4) is 0 Å². The predicted octanol–water partition coefficient (Wildman–Crippen LogP) is 15.8. The molecule has 12 nitrogen and oxygen atoms in total. The summed E-state index contributed by atoms with van der Waals surface area (Å²) in [6.45, 7) is 5.88. The molecule has 0 aromatic carbocycles. The van der Waals surface area contributed by atoms with Crippen molar-refractivity contribution in [2.75, 3.05) is 13.2 Å². The fraction of sp³-hybridized carbons (Fsp3) is 0.810. The molecule has 3 N–H and O–H groups in total. The molecule has 0 aromatic rings. The van der Waals surface area contributed by atoms with Crippen LogP contribution in [-0.2, 0) is 42.9 Å². The molecule has 6 unspecified atom stereocenters. The summed E-state index contributed by atoms with van der Waals surface area (Å²) in [5, 5.41) is 31.5. The lowest BCUT2D eigenvalue weighted by molar-refractivity contribution is -0.301. The summed E-state index contributed by atoms with van der Waals surface area (Å²) < 4.78 is 28.4. The van der Waals surface area contributed by atoms with E-state index in [1.165, 1.54) is 141 Å². The third-order valence-electron chi connectivity index (χ3n) is 13.9. The molecule has 0 spiro atoms. The fourth-order valence-corrected chi connectivity index (χ4v) is 9.20. The number of aliphatic hydroxyl groups excluding tert-OH is 2. The van der Waals surface area contributed by atoms with Gasteiger partial charge in [-0.05, 0) is 77.0 Å². The first-order chi connectivity index (χ1) is 36.6. The highest BCUT2D eigenvalue weighted by atomic mass is 16.7. The molecule has 6 atom stereocenters. The van der Waals surface area contributed by atoms with E-state index in [4.69, 9.17) is 23.7 Å². The van der Waals surface area contributed by atoms with E-state index in [1.807, 2.05) is 0 Å². The van der Waals surface area contributed by atoms with Crippen molar-refractivity contribution in [2.24, 2.45) is 0 Å². The Morgan fingerprint density at radius 2 is 0.840 bits per heavy atom. The summed E-state index contributed by atoms with van der Waals surface area (Å²) in [6, 6.07) is 0. The molecule has 1 saturated heterocycles. The topological polar surface area (TPSA) is 175 Å². The minimum absolute atomic E-state index is 0.0270. The summed E-state index contributed by atoms with van der Waals surface area (Å²) in [5.41, 5.74) is 0. The van der Waals surface area contributed by atoms with Crippen molar-refractivity contribution in [1.29, 1.82) is 0 Å². The molecule has 75 heavy (non-hydrogen) atoms. The van der Waals surface area contributed by atoms with E-state index in [9.17, 15) is 34.5 Å². The number of carboxylic acid groups (broad SMARTS) is 1. The number of ether oxygens (including phenoxy) is 5. The predicted molar refractivity (Wildman–Crippen MR) is 303 cm³/mol. The third kappa shape index (κ3) is 41.5. The van der Waals surface area contributed by atoms with E-state index in [0.717, 1.165) is 77.0 Å². The van der Waals surface area contributed by atoms with Crippen LogP contribution in [0.1, 0.15) is 278 Å². The zero-order valence-corrected chi connectivity index (χ0v) is 47.8. The number of unbranched alkanes of at least 4 members (excludes halogenated alkanes) is 30. The summed E-state index contributed by atoms with van der Waals surface area (Å²) >= 11 is 0. The molecule has 434 valence electrons. The first-order valence-corrected chi connectivity index (χ1v) is 30.6. The molecule has 12 heteroatoms. The number of carbonyl (C=O) groups is 4. The number of aliphatic carboxylic acids is 1. The Morgan fingerprint density at radius 3 is 1.31 bits per heavy atom. The number of hydrogen-bond donors (Lipinski definition) is 3. The number of carboxylic acids is 1. The monoisotopic (exact) mass is 1060 g/mol. The molecule has 0 amide bonds. The van der Waals surface area contributed by atoms with Crippen LogP contribution in [0.25, 0.3) is 0 Å². The molecule has 1 aliphatic rings. The van der Waals surface area contributed by atoms with Crippen LogP contribution >= 0.6 is 0 Å². The number of aliphatic hydroxyl groups is 2. The molecule has 1 rings (SSSR count). The SMILES string of the molecule is CC/C=C\C/C=C\C/C=C\CCCCCC(=O)OC1C(OCC(COC(=O)CCCCCCCCCCC/C=C\CCCCCCCC)OC(=O)CCCCCCCCCCCCCCC)OC(C(=O)O)C(O)C1O. The summed E-state index contributed by atoms with van der Waals surface area (Å²) in [4.78, 5) is 51.1. The lowest BCUT2D eigenvalue weighted by Crippen LogP contribution is -2.61. The zero-order chi connectivity index (χ0) is 54.7. The zero-order valence-electron chi connectivity index (χ0n) is 47.8. The molecular formula is C63H110O12. The highest BCUT2D eigenvalue weighted by Gasteiger charge is 2.50. The van der Waals surface area contributed by atoms with E-state index >= 15 is 0 Å². The average Bonchev–Trinajstić information content (AvgIpc) is 3.39. The molecule has 1 fully saturated rings. The number of hydrogen-bond acceptors (Lipinski definition) is 11. The van der Waals surface area contributed by atoms with Crippen LogP contribution in [0, 0.1) is 0 Å². The van der Waals surface area contributed by atoms with Gasteiger partial charge in [0.25, 0.3) is 0 Å². The van der Waals surface area contributed by atoms with Crippen LogP contribution in [0.2, 0.25) is 0 Å². The maximum Gasteiger partial charge on any atom is 0.335 e. The first kappa shape index (κ1) is 69.7.